The van der Waals surface area contributed by atoms with Crippen LogP contribution in [0.1, 0.15) is 22.8 Å². The summed E-state index contributed by atoms with van der Waals surface area (Å²) in [6.45, 7) is 2.18. The van der Waals surface area contributed by atoms with Crippen LogP contribution in [0, 0.1) is 12.3 Å². The second-order valence-electron chi connectivity index (χ2n) is 3.12. The summed E-state index contributed by atoms with van der Waals surface area (Å²) in [5.74, 6) is 1.52. The standard InChI is InChI=1S/C12H12O3/c1-3-9(2)15-8-10-4-6-11(7-5-10)12(13)14/h1,4-7,9H,8H2,2H3,(H,13,14). The highest BCUT2D eigenvalue weighted by molar-refractivity contribution is 5.87. The predicted octanol–water partition coefficient (Wildman–Crippen LogP) is 1.92. The molecule has 3 nitrogen and oxygen atoms in total. The Morgan fingerprint density at radius 2 is 2.13 bits per heavy atom. The molecule has 0 bridgehead atoms. The Morgan fingerprint density at radius 3 is 2.60 bits per heavy atom. The van der Waals surface area contributed by atoms with Gasteiger partial charge in [-0.25, -0.2) is 4.79 Å². The molecule has 0 spiro atoms. The van der Waals surface area contributed by atoms with Crippen LogP contribution in [-0.2, 0) is 11.3 Å². The molecule has 0 saturated carbocycles. The number of carboxylic acid groups (broad SMARTS) is 1. The SMILES string of the molecule is C#CC(C)OCc1ccc(C(=O)O)cc1. The van der Waals surface area contributed by atoms with E-state index in [4.69, 9.17) is 16.3 Å². The number of ether oxygens (including phenoxy) is 1. The van der Waals surface area contributed by atoms with Crippen LogP contribution in [0.4, 0.5) is 0 Å². The average Bonchev–Trinajstić information content (AvgIpc) is 2.26. The average molecular weight is 204 g/mol. The fourth-order valence-corrected chi connectivity index (χ4v) is 1.01. The van der Waals surface area contributed by atoms with E-state index >= 15 is 0 Å². The third kappa shape index (κ3) is 3.45. The van der Waals surface area contributed by atoms with E-state index in [2.05, 4.69) is 5.92 Å². The van der Waals surface area contributed by atoms with Crippen LogP contribution < -0.4 is 0 Å². The Labute approximate surface area is 88.7 Å². The molecule has 1 N–H and O–H groups in total. The monoisotopic (exact) mass is 204 g/mol. The van der Waals surface area contributed by atoms with Crippen LogP contribution >= 0.6 is 0 Å². The van der Waals surface area contributed by atoms with Crippen molar-refractivity contribution in [3.05, 3.63) is 35.4 Å². The molecular formula is C12H12O3. The third-order valence-corrected chi connectivity index (χ3v) is 1.94. The van der Waals surface area contributed by atoms with Gasteiger partial charge in [0.15, 0.2) is 0 Å². The molecule has 15 heavy (non-hydrogen) atoms. The first-order valence-corrected chi connectivity index (χ1v) is 4.53. The van der Waals surface area contributed by atoms with E-state index in [0.717, 1.165) is 5.56 Å². The Morgan fingerprint density at radius 1 is 1.53 bits per heavy atom. The molecule has 0 aliphatic rings. The van der Waals surface area contributed by atoms with Crippen LogP contribution in [0.3, 0.4) is 0 Å². The second kappa shape index (κ2) is 5.18. The lowest BCUT2D eigenvalue weighted by Gasteiger charge is -2.06. The first-order valence-electron chi connectivity index (χ1n) is 4.53. The molecule has 78 valence electrons. The first-order chi connectivity index (χ1) is 7.13. The zero-order chi connectivity index (χ0) is 11.3. The van der Waals surface area contributed by atoms with Crippen LogP contribution in [0.2, 0.25) is 0 Å². The topological polar surface area (TPSA) is 46.5 Å². The van der Waals surface area contributed by atoms with E-state index in [0.29, 0.717) is 6.61 Å². The van der Waals surface area contributed by atoms with Crippen molar-refractivity contribution in [2.45, 2.75) is 19.6 Å². The Hall–Kier alpha value is -1.79. The number of benzene rings is 1. The quantitative estimate of drug-likeness (QED) is 0.762. The van der Waals surface area contributed by atoms with E-state index in [1.54, 1.807) is 31.2 Å². The summed E-state index contributed by atoms with van der Waals surface area (Å²) in [5, 5.41) is 8.67. The van der Waals surface area contributed by atoms with Crippen molar-refractivity contribution in [1.29, 1.82) is 0 Å². The molecule has 0 heterocycles. The predicted molar refractivity (Wildman–Crippen MR) is 56.5 cm³/mol. The highest BCUT2D eigenvalue weighted by Gasteiger charge is 2.02. The Balaban J connectivity index is 2.58. The van der Waals surface area contributed by atoms with E-state index in [9.17, 15) is 4.79 Å². The van der Waals surface area contributed by atoms with Gasteiger partial charge in [0.25, 0.3) is 0 Å². The molecule has 1 rings (SSSR count). The fourth-order valence-electron chi connectivity index (χ4n) is 1.01. The normalized spacial score (nSPS) is 11.7. The number of hydrogen-bond donors (Lipinski definition) is 1. The van der Waals surface area contributed by atoms with E-state index in [1.807, 2.05) is 0 Å². The van der Waals surface area contributed by atoms with Gasteiger partial charge in [-0.1, -0.05) is 18.1 Å². The smallest absolute Gasteiger partial charge is 0.335 e. The van der Waals surface area contributed by atoms with Crippen LogP contribution in [0.15, 0.2) is 24.3 Å². The van der Waals surface area contributed by atoms with Gasteiger partial charge in [-0.2, -0.15) is 0 Å². The van der Waals surface area contributed by atoms with E-state index in [1.165, 1.54) is 0 Å². The Bertz CT molecular complexity index is 373. The number of hydrogen-bond acceptors (Lipinski definition) is 2. The van der Waals surface area contributed by atoms with Gasteiger partial charge in [0.1, 0.15) is 6.10 Å². The summed E-state index contributed by atoms with van der Waals surface area (Å²) < 4.78 is 5.29. The van der Waals surface area contributed by atoms with Crippen LogP contribution in [0.5, 0.6) is 0 Å². The van der Waals surface area contributed by atoms with Crippen LogP contribution in [0.25, 0.3) is 0 Å². The summed E-state index contributed by atoms with van der Waals surface area (Å²) in [5.41, 5.74) is 1.17. The molecule has 1 aromatic rings. The molecule has 1 unspecified atom stereocenters. The van der Waals surface area contributed by atoms with E-state index < -0.39 is 5.97 Å². The van der Waals surface area contributed by atoms with Gasteiger partial charge in [0, 0.05) is 0 Å². The minimum atomic E-state index is -0.931. The van der Waals surface area contributed by atoms with Gasteiger partial charge in [-0.3, -0.25) is 0 Å². The minimum absolute atomic E-state index is 0.232. The Kier molecular flexibility index (Phi) is 3.90. The van der Waals surface area contributed by atoms with Gasteiger partial charge >= 0.3 is 5.97 Å². The maximum atomic E-state index is 10.6. The minimum Gasteiger partial charge on any atom is -0.478 e. The molecule has 0 radical (unpaired) electrons. The third-order valence-electron chi connectivity index (χ3n) is 1.94. The molecule has 1 atom stereocenters. The maximum absolute atomic E-state index is 10.6. The highest BCUT2D eigenvalue weighted by atomic mass is 16.5. The van der Waals surface area contributed by atoms with E-state index in [-0.39, 0.29) is 11.7 Å². The highest BCUT2D eigenvalue weighted by Crippen LogP contribution is 2.06. The summed E-state index contributed by atoms with van der Waals surface area (Å²) in [4.78, 5) is 10.6. The lowest BCUT2D eigenvalue weighted by atomic mass is 10.1. The van der Waals surface area contributed by atoms with Crippen molar-refractivity contribution in [3.63, 3.8) is 0 Å². The molecule has 1 aromatic carbocycles. The molecular weight excluding hydrogens is 192 g/mol. The molecule has 3 heteroatoms. The van der Waals surface area contributed by atoms with Crippen molar-refractivity contribution in [2.24, 2.45) is 0 Å². The fraction of sp³-hybridized carbons (Fsp3) is 0.250. The zero-order valence-electron chi connectivity index (χ0n) is 8.43. The molecule has 0 aliphatic heterocycles. The van der Waals surface area contributed by atoms with Gasteiger partial charge < -0.3 is 9.84 Å². The number of aromatic carboxylic acids is 1. The summed E-state index contributed by atoms with van der Waals surface area (Å²) >= 11 is 0. The summed E-state index contributed by atoms with van der Waals surface area (Å²) in [7, 11) is 0. The number of carboxylic acids is 1. The largest absolute Gasteiger partial charge is 0.478 e. The summed E-state index contributed by atoms with van der Waals surface area (Å²) in [6.07, 6.45) is 4.92. The van der Waals surface area contributed by atoms with Crippen molar-refractivity contribution in [1.82, 2.24) is 0 Å². The van der Waals surface area contributed by atoms with Gasteiger partial charge in [0.05, 0.1) is 12.2 Å². The van der Waals surface area contributed by atoms with Gasteiger partial charge in [-0.05, 0) is 24.6 Å². The van der Waals surface area contributed by atoms with Crippen molar-refractivity contribution in [2.75, 3.05) is 0 Å². The second-order valence-corrected chi connectivity index (χ2v) is 3.12. The lowest BCUT2D eigenvalue weighted by molar-refractivity contribution is 0.0696. The molecule has 0 amide bonds. The van der Waals surface area contributed by atoms with Crippen LogP contribution in [-0.4, -0.2) is 17.2 Å². The lowest BCUT2D eigenvalue weighted by Crippen LogP contribution is -2.04. The van der Waals surface area contributed by atoms with Crippen molar-refractivity contribution < 1.29 is 14.6 Å². The molecule has 0 saturated heterocycles. The van der Waals surface area contributed by atoms with Gasteiger partial charge in [-0.15, -0.1) is 6.42 Å². The first kappa shape index (κ1) is 11.3. The number of carbonyl (C=O) groups is 1. The number of rotatable bonds is 4. The zero-order valence-corrected chi connectivity index (χ0v) is 8.43. The molecule has 0 fully saturated rings. The molecule has 0 aliphatic carbocycles. The number of terminal acetylenes is 1. The summed E-state index contributed by atoms with van der Waals surface area (Å²) in [6, 6.07) is 6.52. The van der Waals surface area contributed by atoms with Crippen molar-refractivity contribution in [3.8, 4) is 12.3 Å². The maximum Gasteiger partial charge on any atom is 0.335 e. The molecule has 0 aromatic heterocycles. The van der Waals surface area contributed by atoms with Gasteiger partial charge in [0.2, 0.25) is 0 Å². The van der Waals surface area contributed by atoms with Crippen molar-refractivity contribution >= 4 is 5.97 Å².